The molecule has 0 unspecified atom stereocenters. The Kier molecular flexibility index (Phi) is 6.12. The Morgan fingerprint density at radius 2 is 2.04 bits per heavy atom. The van der Waals surface area contributed by atoms with Crippen LogP contribution < -0.4 is 5.32 Å². The Labute approximate surface area is 137 Å². The van der Waals surface area contributed by atoms with Crippen LogP contribution in [0.3, 0.4) is 0 Å². The predicted molar refractivity (Wildman–Crippen MR) is 86.2 cm³/mol. The van der Waals surface area contributed by atoms with Crippen molar-refractivity contribution in [3.63, 3.8) is 0 Å². The highest BCUT2D eigenvalue weighted by atomic mass is 16.5. The van der Waals surface area contributed by atoms with Crippen molar-refractivity contribution < 1.29 is 14.1 Å². The number of amides is 1. The molecule has 0 aromatic carbocycles. The minimum atomic E-state index is -0.141. The van der Waals surface area contributed by atoms with Gasteiger partial charge in [-0.2, -0.15) is 4.98 Å². The first kappa shape index (κ1) is 17.9. The van der Waals surface area contributed by atoms with Crippen molar-refractivity contribution in [3.8, 4) is 0 Å². The highest BCUT2D eigenvalue weighted by molar-refractivity contribution is 5.76. The van der Waals surface area contributed by atoms with Gasteiger partial charge < -0.3 is 14.6 Å². The molecular weight excluding hydrogens is 296 g/mol. The maximum Gasteiger partial charge on any atom is 0.227 e. The average molecular weight is 324 g/mol. The lowest BCUT2D eigenvalue weighted by atomic mass is 9.96. The van der Waals surface area contributed by atoms with Crippen molar-refractivity contribution in [1.29, 1.82) is 0 Å². The normalized spacial score (nSPS) is 17.9. The van der Waals surface area contributed by atoms with E-state index in [9.17, 15) is 4.79 Å². The van der Waals surface area contributed by atoms with Crippen LogP contribution in [-0.4, -0.2) is 59.8 Å². The van der Waals surface area contributed by atoms with E-state index in [1.807, 2.05) is 20.8 Å². The zero-order valence-electron chi connectivity index (χ0n) is 14.6. The number of hydrogen-bond donors (Lipinski definition) is 1. The molecule has 0 aliphatic carbocycles. The summed E-state index contributed by atoms with van der Waals surface area (Å²) >= 11 is 0. The topological polar surface area (TPSA) is 80.5 Å². The largest absolute Gasteiger partial charge is 0.379 e. The molecule has 0 radical (unpaired) electrons. The van der Waals surface area contributed by atoms with Gasteiger partial charge in [0.15, 0.2) is 5.82 Å². The van der Waals surface area contributed by atoms with E-state index >= 15 is 0 Å². The Hall–Kier alpha value is -1.47. The fraction of sp³-hybridized carbons (Fsp3) is 0.812. The highest BCUT2D eigenvalue weighted by Gasteiger charge is 2.21. The summed E-state index contributed by atoms with van der Waals surface area (Å²) in [5.41, 5.74) is -0.141. The molecule has 1 aliphatic rings. The summed E-state index contributed by atoms with van der Waals surface area (Å²) in [6.07, 6.45) is 0.836. The van der Waals surface area contributed by atoms with E-state index in [4.69, 9.17) is 9.26 Å². The zero-order chi connectivity index (χ0) is 16.9. The highest BCUT2D eigenvalue weighted by Crippen LogP contribution is 2.18. The van der Waals surface area contributed by atoms with Crippen molar-refractivity contribution in [2.24, 2.45) is 0 Å². The van der Waals surface area contributed by atoms with Crippen LogP contribution in [0.15, 0.2) is 4.52 Å². The van der Waals surface area contributed by atoms with E-state index in [0.717, 1.165) is 26.3 Å². The van der Waals surface area contributed by atoms with Crippen LogP contribution in [0.5, 0.6) is 0 Å². The van der Waals surface area contributed by atoms with Crippen LogP contribution in [0.2, 0.25) is 0 Å². The molecular formula is C16H28N4O3. The molecule has 23 heavy (non-hydrogen) atoms. The van der Waals surface area contributed by atoms with Gasteiger partial charge >= 0.3 is 0 Å². The Bertz CT molecular complexity index is 504. The second kappa shape index (κ2) is 7.88. The lowest BCUT2D eigenvalue weighted by molar-refractivity contribution is -0.121. The van der Waals surface area contributed by atoms with E-state index < -0.39 is 0 Å². The van der Waals surface area contributed by atoms with Gasteiger partial charge in [-0.15, -0.1) is 0 Å². The van der Waals surface area contributed by atoms with E-state index in [-0.39, 0.29) is 11.3 Å². The minimum absolute atomic E-state index is 0.0145. The molecule has 130 valence electrons. The van der Waals surface area contributed by atoms with Crippen LogP contribution in [0, 0.1) is 0 Å². The van der Waals surface area contributed by atoms with Gasteiger partial charge in [-0.25, -0.2) is 0 Å². The maximum absolute atomic E-state index is 12.0. The quantitative estimate of drug-likeness (QED) is 0.845. The lowest BCUT2D eigenvalue weighted by Crippen LogP contribution is -2.47. The van der Waals surface area contributed by atoms with Crippen LogP contribution in [0.4, 0.5) is 0 Å². The molecule has 1 atom stereocenters. The Balaban J connectivity index is 1.69. The molecule has 1 amide bonds. The van der Waals surface area contributed by atoms with Gasteiger partial charge in [-0.3, -0.25) is 9.69 Å². The summed E-state index contributed by atoms with van der Waals surface area (Å²) in [5, 5.41) is 6.94. The number of nitrogens with one attached hydrogen (secondary N) is 1. The molecule has 1 fully saturated rings. The number of aromatic nitrogens is 2. The number of rotatable bonds is 6. The number of nitrogens with zero attached hydrogens (tertiary/aromatic N) is 3. The van der Waals surface area contributed by atoms with Gasteiger partial charge in [-0.1, -0.05) is 25.9 Å². The van der Waals surface area contributed by atoms with E-state index in [1.54, 1.807) is 0 Å². The smallest absolute Gasteiger partial charge is 0.227 e. The monoisotopic (exact) mass is 324 g/mol. The SMILES string of the molecule is C[C@H](CNC(=O)CCc1nc(C(C)(C)C)no1)N1CCOCC1. The second-order valence-corrected chi connectivity index (χ2v) is 7.06. The van der Waals surface area contributed by atoms with Crippen LogP contribution in [-0.2, 0) is 21.4 Å². The second-order valence-electron chi connectivity index (χ2n) is 7.06. The molecule has 1 saturated heterocycles. The number of aryl methyl sites for hydroxylation is 1. The third kappa shape index (κ3) is 5.58. The number of morpholine rings is 1. The maximum atomic E-state index is 12.0. The summed E-state index contributed by atoms with van der Waals surface area (Å²) in [7, 11) is 0. The molecule has 1 aromatic rings. The molecule has 0 spiro atoms. The Morgan fingerprint density at radius 3 is 2.65 bits per heavy atom. The number of ether oxygens (including phenoxy) is 1. The first-order chi connectivity index (χ1) is 10.9. The van der Waals surface area contributed by atoms with E-state index in [2.05, 4.69) is 27.3 Å². The summed E-state index contributed by atoms with van der Waals surface area (Å²) < 4.78 is 10.5. The van der Waals surface area contributed by atoms with Crippen molar-refractivity contribution in [1.82, 2.24) is 20.4 Å². The van der Waals surface area contributed by atoms with Gasteiger partial charge in [0.2, 0.25) is 11.8 Å². The molecule has 1 aromatic heterocycles. The summed E-state index contributed by atoms with van der Waals surface area (Å²) in [6.45, 7) is 12.2. The van der Waals surface area contributed by atoms with E-state index in [0.29, 0.717) is 37.1 Å². The van der Waals surface area contributed by atoms with Crippen LogP contribution in [0.1, 0.15) is 45.8 Å². The third-order valence-corrected chi connectivity index (χ3v) is 3.97. The van der Waals surface area contributed by atoms with Gasteiger partial charge in [0, 0.05) is 43.9 Å². The zero-order valence-corrected chi connectivity index (χ0v) is 14.6. The summed E-state index contributed by atoms with van der Waals surface area (Å²) in [5.74, 6) is 1.21. The van der Waals surface area contributed by atoms with Crippen molar-refractivity contribution in [2.45, 2.75) is 52.0 Å². The fourth-order valence-corrected chi connectivity index (χ4v) is 2.38. The standard InChI is InChI=1S/C16H28N4O3/c1-12(20-7-9-22-10-8-20)11-17-13(21)5-6-14-18-15(19-23-14)16(2,3)4/h12H,5-11H2,1-4H3,(H,17,21)/t12-/m1/s1. The van der Waals surface area contributed by atoms with Gasteiger partial charge in [0.05, 0.1) is 13.2 Å². The van der Waals surface area contributed by atoms with Crippen molar-refractivity contribution >= 4 is 5.91 Å². The first-order valence-corrected chi connectivity index (χ1v) is 8.28. The minimum Gasteiger partial charge on any atom is -0.379 e. The molecule has 1 N–H and O–H groups in total. The molecule has 7 heteroatoms. The van der Waals surface area contributed by atoms with Crippen molar-refractivity contribution in [3.05, 3.63) is 11.7 Å². The molecule has 0 saturated carbocycles. The average Bonchev–Trinajstić information content (AvgIpc) is 3.00. The molecule has 2 rings (SSSR count). The summed E-state index contributed by atoms with van der Waals surface area (Å²) in [6, 6.07) is 0.318. The summed E-state index contributed by atoms with van der Waals surface area (Å²) in [4.78, 5) is 18.6. The predicted octanol–water partition coefficient (Wildman–Crippen LogP) is 1.14. The van der Waals surface area contributed by atoms with Gasteiger partial charge in [-0.05, 0) is 6.92 Å². The number of carbonyl (C=O) groups is 1. The van der Waals surface area contributed by atoms with Crippen LogP contribution >= 0.6 is 0 Å². The van der Waals surface area contributed by atoms with Gasteiger partial charge in [0.25, 0.3) is 0 Å². The number of hydrogen-bond acceptors (Lipinski definition) is 6. The molecule has 7 nitrogen and oxygen atoms in total. The first-order valence-electron chi connectivity index (χ1n) is 8.28. The van der Waals surface area contributed by atoms with E-state index in [1.165, 1.54) is 0 Å². The number of carbonyl (C=O) groups excluding carboxylic acids is 1. The van der Waals surface area contributed by atoms with Crippen LogP contribution in [0.25, 0.3) is 0 Å². The molecule has 1 aliphatic heterocycles. The third-order valence-electron chi connectivity index (χ3n) is 3.97. The van der Waals surface area contributed by atoms with Gasteiger partial charge in [0.1, 0.15) is 0 Å². The Morgan fingerprint density at radius 1 is 1.35 bits per heavy atom. The lowest BCUT2D eigenvalue weighted by Gasteiger charge is -2.32. The molecule has 0 bridgehead atoms. The fourth-order valence-electron chi connectivity index (χ4n) is 2.38. The molecule has 2 heterocycles. The van der Waals surface area contributed by atoms with Crippen molar-refractivity contribution in [2.75, 3.05) is 32.8 Å².